The van der Waals surface area contributed by atoms with Gasteiger partial charge in [0.25, 0.3) is 15.9 Å². The van der Waals surface area contributed by atoms with Crippen LogP contribution in [0.1, 0.15) is 0 Å². The van der Waals surface area contributed by atoms with Crippen LogP contribution >= 0.6 is 11.3 Å². The molecule has 0 atom stereocenters. The Hall–Kier alpha value is -1.17. The molecule has 1 aromatic rings. The lowest BCUT2D eigenvalue weighted by atomic mass is 10.3. The van der Waals surface area contributed by atoms with Gasteiger partial charge in [-0.3, -0.25) is 4.79 Å². The molecule has 1 aliphatic heterocycles. The predicted octanol–water partition coefficient (Wildman–Crippen LogP) is -0.684. The van der Waals surface area contributed by atoms with Crippen LogP contribution in [-0.4, -0.2) is 64.1 Å². The SMILES string of the molecule is O=C(C[NH+]1CCN(S(=O)(=O)c2cccs2)CC1)NCC(F)(F)F. The second-order valence-corrected chi connectivity index (χ2v) is 8.27. The first kappa shape index (κ1) is 18.2. The Morgan fingerprint density at radius 3 is 2.52 bits per heavy atom. The van der Waals surface area contributed by atoms with Gasteiger partial charge in [-0.2, -0.15) is 17.5 Å². The molecule has 23 heavy (non-hydrogen) atoms. The standard InChI is InChI=1S/C12H16F3N3O3S2/c13-12(14,15)9-16-10(19)8-17-3-5-18(6-4-17)23(20,21)11-2-1-7-22-11/h1-2,7H,3-6,8-9H2,(H,16,19)/p+1. The van der Waals surface area contributed by atoms with Gasteiger partial charge in [-0.25, -0.2) is 8.42 Å². The molecule has 6 nitrogen and oxygen atoms in total. The van der Waals surface area contributed by atoms with Gasteiger partial charge < -0.3 is 10.2 Å². The number of thiophene rings is 1. The largest absolute Gasteiger partial charge is 0.405 e. The molecule has 1 fully saturated rings. The Kier molecular flexibility index (Phi) is 5.65. The van der Waals surface area contributed by atoms with Crippen LogP contribution in [0.2, 0.25) is 0 Å². The number of piperazine rings is 1. The van der Waals surface area contributed by atoms with Gasteiger partial charge >= 0.3 is 6.18 Å². The van der Waals surface area contributed by atoms with E-state index in [0.717, 1.165) is 16.2 Å². The molecule has 1 amide bonds. The summed E-state index contributed by atoms with van der Waals surface area (Å²) in [5.74, 6) is -0.688. The first-order valence-electron chi connectivity index (χ1n) is 6.89. The van der Waals surface area contributed by atoms with E-state index in [1.165, 1.54) is 10.4 Å². The van der Waals surface area contributed by atoms with E-state index in [1.54, 1.807) is 11.4 Å². The average molecular weight is 372 g/mol. The fourth-order valence-corrected chi connectivity index (χ4v) is 4.83. The third-order valence-electron chi connectivity index (χ3n) is 3.42. The number of rotatable bonds is 5. The van der Waals surface area contributed by atoms with E-state index in [-0.39, 0.29) is 23.8 Å². The molecule has 1 aliphatic rings. The third kappa shape index (κ3) is 5.16. The van der Waals surface area contributed by atoms with Crippen LogP contribution in [0.25, 0.3) is 0 Å². The first-order chi connectivity index (χ1) is 10.7. The lowest BCUT2D eigenvalue weighted by Gasteiger charge is -2.30. The molecule has 1 aromatic heterocycles. The van der Waals surface area contributed by atoms with Gasteiger partial charge in [0.05, 0.1) is 26.2 Å². The van der Waals surface area contributed by atoms with Crippen LogP contribution in [0.4, 0.5) is 13.2 Å². The summed E-state index contributed by atoms with van der Waals surface area (Å²) in [6.07, 6.45) is -4.43. The van der Waals surface area contributed by atoms with Gasteiger partial charge in [0.2, 0.25) is 0 Å². The zero-order valence-electron chi connectivity index (χ0n) is 12.1. The zero-order chi connectivity index (χ0) is 17.1. The maximum atomic E-state index is 12.3. The summed E-state index contributed by atoms with van der Waals surface area (Å²) in [5.41, 5.74) is 0. The number of quaternary nitrogens is 1. The van der Waals surface area contributed by atoms with Crippen molar-refractivity contribution in [3.05, 3.63) is 17.5 Å². The molecule has 2 heterocycles. The van der Waals surface area contributed by atoms with Gasteiger partial charge in [-0.05, 0) is 11.4 Å². The van der Waals surface area contributed by atoms with Crippen LogP contribution in [-0.2, 0) is 14.8 Å². The number of carbonyl (C=O) groups is 1. The lowest BCUT2D eigenvalue weighted by molar-refractivity contribution is -0.895. The Morgan fingerprint density at radius 2 is 2.00 bits per heavy atom. The van der Waals surface area contributed by atoms with Gasteiger partial charge in [0, 0.05) is 0 Å². The molecule has 2 N–H and O–H groups in total. The van der Waals surface area contributed by atoms with E-state index < -0.39 is 28.7 Å². The van der Waals surface area contributed by atoms with Crippen molar-refractivity contribution in [2.24, 2.45) is 0 Å². The van der Waals surface area contributed by atoms with Crippen LogP contribution in [0.5, 0.6) is 0 Å². The number of halogens is 3. The van der Waals surface area contributed by atoms with Gasteiger partial charge in [0.15, 0.2) is 6.54 Å². The molecule has 0 bridgehead atoms. The minimum atomic E-state index is -4.43. The third-order valence-corrected chi connectivity index (χ3v) is 6.69. The molecule has 2 rings (SSSR count). The second-order valence-electron chi connectivity index (χ2n) is 5.15. The number of sulfonamides is 1. The number of carbonyl (C=O) groups excluding carboxylic acids is 1. The van der Waals surface area contributed by atoms with E-state index in [0.29, 0.717) is 13.1 Å². The van der Waals surface area contributed by atoms with Crippen molar-refractivity contribution in [1.29, 1.82) is 0 Å². The highest BCUT2D eigenvalue weighted by molar-refractivity contribution is 7.91. The van der Waals surface area contributed by atoms with E-state index in [4.69, 9.17) is 0 Å². The Morgan fingerprint density at radius 1 is 1.35 bits per heavy atom. The summed E-state index contributed by atoms with van der Waals surface area (Å²) in [6.45, 7) is -0.209. The number of amides is 1. The highest BCUT2D eigenvalue weighted by Gasteiger charge is 2.32. The lowest BCUT2D eigenvalue weighted by Crippen LogP contribution is -3.15. The van der Waals surface area contributed by atoms with Gasteiger partial charge in [-0.15, -0.1) is 11.3 Å². The number of hydrogen-bond donors (Lipinski definition) is 2. The fourth-order valence-electron chi connectivity index (χ4n) is 2.25. The van der Waals surface area contributed by atoms with E-state index in [1.807, 2.05) is 5.32 Å². The monoisotopic (exact) mass is 372 g/mol. The van der Waals surface area contributed by atoms with Crippen molar-refractivity contribution in [3.63, 3.8) is 0 Å². The van der Waals surface area contributed by atoms with E-state index in [2.05, 4.69) is 0 Å². The number of nitrogens with one attached hydrogen (secondary N) is 2. The highest BCUT2D eigenvalue weighted by Crippen LogP contribution is 2.20. The Labute approximate surface area is 135 Å². The fraction of sp³-hybridized carbons (Fsp3) is 0.583. The van der Waals surface area contributed by atoms with Crippen molar-refractivity contribution in [3.8, 4) is 0 Å². The molecule has 0 spiro atoms. The summed E-state index contributed by atoms with van der Waals surface area (Å²) in [4.78, 5) is 12.2. The van der Waals surface area contributed by atoms with Crippen molar-refractivity contribution >= 4 is 27.3 Å². The van der Waals surface area contributed by atoms with Crippen molar-refractivity contribution in [2.45, 2.75) is 10.4 Å². The Balaban J connectivity index is 1.81. The van der Waals surface area contributed by atoms with E-state index in [9.17, 15) is 26.4 Å². The minimum Gasteiger partial charge on any atom is -0.342 e. The molecule has 1 saturated heterocycles. The summed E-state index contributed by atoms with van der Waals surface area (Å²) < 4.78 is 62.3. The summed E-state index contributed by atoms with van der Waals surface area (Å²) in [5, 5.41) is 3.50. The molecule has 11 heteroatoms. The average Bonchev–Trinajstić information content (AvgIpc) is 3.00. The summed E-state index contributed by atoms with van der Waals surface area (Å²) >= 11 is 1.14. The number of hydrogen-bond acceptors (Lipinski definition) is 4. The van der Waals surface area contributed by atoms with Gasteiger partial charge in [0.1, 0.15) is 10.8 Å². The molecule has 130 valence electrons. The van der Waals surface area contributed by atoms with Crippen LogP contribution < -0.4 is 10.2 Å². The van der Waals surface area contributed by atoms with Crippen molar-refractivity contribution in [1.82, 2.24) is 9.62 Å². The van der Waals surface area contributed by atoms with Crippen LogP contribution in [0.3, 0.4) is 0 Å². The Bertz CT molecular complexity index is 624. The quantitative estimate of drug-likeness (QED) is 0.719. The van der Waals surface area contributed by atoms with Crippen molar-refractivity contribution < 1.29 is 31.3 Å². The molecular weight excluding hydrogens is 355 g/mol. The van der Waals surface area contributed by atoms with E-state index >= 15 is 0 Å². The number of nitrogens with zero attached hydrogens (tertiary/aromatic N) is 1. The van der Waals surface area contributed by atoms with Crippen molar-refractivity contribution in [2.75, 3.05) is 39.3 Å². The molecule has 0 unspecified atom stereocenters. The summed E-state index contributed by atoms with van der Waals surface area (Å²) in [6, 6.07) is 3.19. The molecule has 0 aromatic carbocycles. The topological polar surface area (TPSA) is 70.9 Å². The molecule has 0 saturated carbocycles. The van der Waals surface area contributed by atoms with Crippen LogP contribution in [0, 0.1) is 0 Å². The second kappa shape index (κ2) is 7.16. The normalized spacial score (nSPS) is 18.0. The molecule has 0 radical (unpaired) electrons. The summed E-state index contributed by atoms with van der Waals surface area (Å²) in [7, 11) is -3.51. The van der Waals surface area contributed by atoms with Crippen LogP contribution in [0.15, 0.2) is 21.7 Å². The zero-order valence-corrected chi connectivity index (χ0v) is 13.7. The maximum Gasteiger partial charge on any atom is 0.405 e. The van der Waals surface area contributed by atoms with Gasteiger partial charge in [-0.1, -0.05) is 6.07 Å². The minimum absolute atomic E-state index is 0.0943. The maximum absolute atomic E-state index is 12.3. The number of alkyl halides is 3. The highest BCUT2D eigenvalue weighted by atomic mass is 32.2. The smallest absolute Gasteiger partial charge is 0.342 e. The predicted molar refractivity (Wildman–Crippen MR) is 77.7 cm³/mol. The molecular formula is C12H17F3N3O3S2+. The first-order valence-corrected chi connectivity index (χ1v) is 9.21. The molecule has 0 aliphatic carbocycles.